The van der Waals surface area contributed by atoms with Crippen LogP contribution in [0.2, 0.25) is 0 Å². The van der Waals surface area contributed by atoms with E-state index in [0.29, 0.717) is 11.4 Å². The number of amides is 2. The van der Waals surface area contributed by atoms with Crippen LogP contribution in [0.15, 0.2) is 36.4 Å². The molecule has 0 aliphatic carbocycles. The summed E-state index contributed by atoms with van der Waals surface area (Å²) in [6.45, 7) is 4.83. The molecule has 1 aromatic rings. The molecule has 0 spiro atoms. The van der Waals surface area contributed by atoms with Gasteiger partial charge < -0.3 is 4.74 Å². The molecule has 1 saturated heterocycles. The van der Waals surface area contributed by atoms with Crippen LogP contribution in [0.3, 0.4) is 0 Å². The Morgan fingerprint density at radius 2 is 1.89 bits per heavy atom. The number of esters is 1. The maximum Gasteiger partial charge on any atom is 0.308 e. The van der Waals surface area contributed by atoms with E-state index in [0.717, 1.165) is 4.90 Å². The number of carbonyl (C=O) groups is 3. The van der Waals surface area contributed by atoms with Crippen LogP contribution >= 0.6 is 0 Å². The second-order valence-electron chi connectivity index (χ2n) is 3.90. The molecule has 1 aromatic carbocycles. The van der Waals surface area contributed by atoms with Crippen LogP contribution in [0, 0.1) is 0 Å². The summed E-state index contributed by atoms with van der Waals surface area (Å²) in [5.74, 6) is -0.751. The number of hydrogen-bond donors (Lipinski definition) is 0. The van der Waals surface area contributed by atoms with E-state index in [-0.39, 0.29) is 23.8 Å². The second kappa shape index (κ2) is 4.44. The molecule has 5 nitrogen and oxygen atoms in total. The number of nitrogens with zero attached hydrogens (tertiary/aromatic N) is 1. The zero-order valence-electron chi connectivity index (χ0n) is 9.80. The molecule has 1 aliphatic rings. The molecule has 0 N–H and O–H groups in total. The lowest BCUT2D eigenvalue weighted by Gasteiger charge is -2.13. The number of hydrogen-bond acceptors (Lipinski definition) is 4. The second-order valence-corrected chi connectivity index (χ2v) is 3.90. The third-order valence-corrected chi connectivity index (χ3v) is 2.48. The minimum Gasteiger partial charge on any atom is -0.427 e. The Morgan fingerprint density at radius 3 is 2.33 bits per heavy atom. The summed E-state index contributed by atoms with van der Waals surface area (Å²) in [6, 6.07) is 6.15. The van der Waals surface area contributed by atoms with Gasteiger partial charge in [0.2, 0.25) is 5.91 Å². The first-order valence-corrected chi connectivity index (χ1v) is 5.32. The highest BCUT2D eigenvalue weighted by atomic mass is 16.5. The summed E-state index contributed by atoms with van der Waals surface area (Å²) in [7, 11) is 0. The van der Waals surface area contributed by atoms with Crippen molar-refractivity contribution in [2.75, 3.05) is 4.90 Å². The zero-order chi connectivity index (χ0) is 13.3. The molecule has 2 rings (SSSR count). The van der Waals surface area contributed by atoms with Crippen molar-refractivity contribution < 1.29 is 19.1 Å². The maximum absolute atomic E-state index is 11.7. The molecule has 0 aromatic heterocycles. The Balaban J connectivity index is 2.24. The Hall–Kier alpha value is -2.43. The van der Waals surface area contributed by atoms with Crippen molar-refractivity contribution in [2.45, 2.75) is 13.3 Å². The van der Waals surface area contributed by atoms with Crippen molar-refractivity contribution in [3.63, 3.8) is 0 Å². The van der Waals surface area contributed by atoms with Gasteiger partial charge in [0.1, 0.15) is 5.75 Å². The molecule has 18 heavy (non-hydrogen) atoms. The molecule has 0 saturated carbocycles. The lowest BCUT2D eigenvalue weighted by molar-refractivity contribution is -0.132. The first-order chi connectivity index (χ1) is 8.49. The zero-order valence-corrected chi connectivity index (χ0v) is 9.80. The highest BCUT2D eigenvalue weighted by Gasteiger charge is 2.33. The smallest absolute Gasteiger partial charge is 0.308 e. The van der Waals surface area contributed by atoms with E-state index >= 15 is 0 Å². The Morgan fingerprint density at radius 1 is 1.28 bits per heavy atom. The Bertz CT molecular complexity index is 545. The van der Waals surface area contributed by atoms with Gasteiger partial charge in [0, 0.05) is 12.5 Å². The van der Waals surface area contributed by atoms with Crippen LogP contribution in [0.1, 0.15) is 13.3 Å². The molecule has 1 fully saturated rings. The highest BCUT2D eigenvalue weighted by molar-refractivity contribution is 6.27. The summed E-state index contributed by atoms with van der Waals surface area (Å²) in [4.78, 5) is 35.1. The summed E-state index contributed by atoms with van der Waals surface area (Å²) in [5.41, 5.74) is 0.726. The van der Waals surface area contributed by atoms with Crippen molar-refractivity contribution in [1.82, 2.24) is 0 Å². The van der Waals surface area contributed by atoms with Gasteiger partial charge >= 0.3 is 5.97 Å². The Labute approximate surface area is 104 Å². The molecule has 2 amide bonds. The van der Waals surface area contributed by atoms with Gasteiger partial charge in [-0.1, -0.05) is 6.58 Å². The predicted octanol–water partition coefficient (Wildman–Crippen LogP) is 1.43. The number of imide groups is 1. The van der Waals surface area contributed by atoms with Gasteiger partial charge in [-0.05, 0) is 24.3 Å². The quantitative estimate of drug-likeness (QED) is 0.342. The molecule has 0 bridgehead atoms. The fourth-order valence-corrected chi connectivity index (χ4v) is 1.70. The predicted molar refractivity (Wildman–Crippen MR) is 64.0 cm³/mol. The van der Waals surface area contributed by atoms with E-state index in [1.165, 1.54) is 19.1 Å². The SMILES string of the molecule is C=C1CC(=O)N(c2ccc(OC(C)=O)cc2)C1=O. The number of benzene rings is 1. The molecule has 1 aliphatic heterocycles. The molecule has 5 heteroatoms. The normalized spacial score (nSPS) is 15.2. The lowest BCUT2D eigenvalue weighted by atomic mass is 10.2. The maximum atomic E-state index is 11.7. The van der Waals surface area contributed by atoms with Crippen LogP contribution in [-0.2, 0) is 14.4 Å². The van der Waals surface area contributed by atoms with Crippen molar-refractivity contribution in [3.8, 4) is 5.75 Å². The van der Waals surface area contributed by atoms with Crippen LogP contribution in [-0.4, -0.2) is 17.8 Å². The number of carbonyl (C=O) groups excluding carboxylic acids is 3. The average molecular weight is 245 g/mol. The van der Waals surface area contributed by atoms with Gasteiger partial charge in [-0.15, -0.1) is 0 Å². The summed E-state index contributed by atoms with van der Waals surface area (Å²) >= 11 is 0. The molecule has 0 radical (unpaired) electrons. The third kappa shape index (κ3) is 2.15. The highest BCUT2D eigenvalue weighted by Crippen LogP contribution is 2.26. The molecular weight excluding hydrogens is 234 g/mol. The van der Waals surface area contributed by atoms with Gasteiger partial charge in [0.15, 0.2) is 0 Å². The van der Waals surface area contributed by atoms with Crippen LogP contribution < -0.4 is 9.64 Å². The molecular formula is C13H11NO4. The average Bonchev–Trinajstić information content (AvgIpc) is 2.54. The van der Waals surface area contributed by atoms with E-state index in [1.54, 1.807) is 12.1 Å². The van der Waals surface area contributed by atoms with E-state index in [4.69, 9.17) is 4.74 Å². The largest absolute Gasteiger partial charge is 0.427 e. The van der Waals surface area contributed by atoms with Crippen LogP contribution in [0.5, 0.6) is 5.75 Å². The van der Waals surface area contributed by atoms with Crippen molar-refractivity contribution in [3.05, 3.63) is 36.4 Å². The third-order valence-electron chi connectivity index (χ3n) is 2.48. The molecule has 0 unspecified atom stereocenters. The van der Waals surface area contributed by atoms with Gasteiger partial charge in [-0.2, -0.15) is 0 Å². The minimum absolute atomic E-state index is 0.0462. The number of ether oxygens (including phenoxy) is 1. The fourth-order valence-electron chi connectivity index (χ4n) is 1.70. The summed E-state index contributed by atoms with van der Waals surface area (Å²) in [5, 5.41) is 0. The molecule has 0 atom stereocenters. The van der Waals surface area contributed by atoms with Crippen molar-refractivity contribution >= 4 is 23.5 Å². The standard InChI is InChI=1S/C13H11NO4/c1-8-7-12(16)14(13(8)17)10-3-5-11(6-4-10)18-9(2)15/h3-6H,1,7H2,2H3. The fraction of sp³-hybridized carbons (Fsp3) is 0.154. The number of rotatable bonds is 2. The molecule has 92 valence electrons. The monoisotopic (exact) mass is 245 g/mol. The summed E-state index contributed by atoms with van der Waals surface area (Å²) < 4.78 is 4.86. The van der Waals surface area contributed by atoms with Crippen molar-refractivity contribution in [1.29, 1.82) is 0 Å². The van der Waals surface area contributed by atoms with Gasteiger partial charge in [-0.25, -0.2) is 4.90 Å². The van der Waals surface area contributed by atoms with Crippen LogP contribution in [0.4, 0.5) is 5.69 Å². The minimum atomic E-state index is -0.426. The van der Waals surface area contributed by atoms with E-state index in [9.17, 15) is 14.4 Å². The first kappa shape index (κ1) is 12.0. The van der Waals surface area contributed by atoms with E-state index in [2.05, 4.69) is 6.58 Å². The summed E-state index contributed by atoms with van der Waals surface area (Å²) in [6.07, 6.45) is 0.0462. The van der Waals surface area contributed by atoms with E-state index < -0.39 is 5.97 Å². The Kier molecular flexibility index (Phi) is 2.97. The van der Waals surface area contributed by atoms with Gasteiger partial charge in [-0.3, -0.25) is 14.4 Å². The topological polar surface area (TPSA) is 63.7 Å². The van der Waals surface area contributed by atoms with E-state index in [1.807, 2.05) is 0 Å². The van der Waals surface area contributed by atoms with Gasteiger partial charge in [0.05, 0.1) is 12.1 Å². The van der Waals surface area contributed by atoms with Crippen LogP contribution in [0.25, 0.3) is 0 Å². The van der Waals surface area contributed by atoms with Gasteiger partial charge in [0.25, 0.3) is 5.91 Å². The number of anilines is 1. The lowest BCUT2D eigenvalue weighted by Crippen LogP contribution is -2.28. The van der Waals surface area contributed by atoms with Crippen molar-refractivity contribution in [2.24, 2.45) is 0 Å². The first-order valence-electron chi connectivity index (χ1n) is 5.32. The molecule has 1 heterocycles.